The summed E-state index contributed by atoms with van der Waals surface area (Å²) < 4.78 is 1.44. The van der Waals surface area contributed by atoms with Gasteiger partial charge in [-0.05, 0) is 43.0 Å². The second-order valence-electron chi connectivity index (χ2n) is 7.48. The number of anilines is 1. The van der Waals surface area contributed by atoms with Crippen LogP contribution in [-0.2, 0) is 6.54 Å². The molecule has 27 heavy (non-hydrogen) atoms. The lowest BCUT2D eigenvalue weighted by Gasteiger charge is -2.35. The molecular weight excluding hydrogens is 362 g/mol. The van der Waals surface area contributed by atoms with E-state index in [0.717, 1.165) is 56.4 Å². The fourth-order valence-electron chi connectivity index (χ4n) is 3.92. The van der Waals surface area contributed by atoms with Crippen molar-refractivity contribution in [3.8, 4) is 0 Å². The molecule has 0 radical (unpaired) electrons. The van der Waals surface area contributed by atoms with Gasteiger partial charge in [0.25, 0.3) is 0 Å². The number of carbonyl (C=O) groups is 1. The molecule has 0 unspecified atom stereocenters. The van der Waals surface area contributed by atoms with Crippen molar-refractivity contribution in [3.05, 3.63) is 46.7 Å². The van der Waals surface area contributed by atoms with Gasteiger partial charge in [0.2, 0.25) is 0 Å². The summed E-state index contributed by atoms with van der Waals surface area (Å²) in [5.41, 5.74) is 3.59. The molecule has 2 fully saturated rings. The van der Waals surface area contributed by atoms with Crippen molar-refractivity contribution in [1.82, 2.24) is 19.6 Å². The first kappa shape index (κ1) is 18.3. The molecule has 1 aromatic heterocycles. The van der Waals surface area contributed by atoms with Crippen molar-refractivity contribution < 1.29 is 4.79 Å². The number of halogens is 1. The molecule has 1 aromatic carbocycles. The Labute approximate surface area is 165 Å². The maximum Gasteiger partial charge on any atom is 0.344 e. The molecule has 0 bridgehead atoms. The van der Waals surface area contributed by atoms with E-state index in [2.05, 4.69) is 27.0 Å². The molecule has 144 valence electrons. The quantitative estimate of drug-likeness (QED) is 0.811. The normalized spacial score (nSPS) is 18.3. The summed E-state index contributed by atoms with van der Waals surface area (Å²) in [6, 6.07) is 6.20. The van der Waals surface area contributed by atoms with Crippen LogP contribution in [0.2, 0.25) is 5.02 Å². The van der Waals surface area contributed by atoms with Crippen LogP contribution in [0.3, 0.4) is 0 Å². The SMILES string of the molecule is Cc1cnn(C(=O)N2CCN(Cc3ccc(Cl)cc3N3CCCC3)CC2)c1. The van der Waals surface area contributed by atoms with Gasteiger partial charge in [0, 0.05) is 62.7 Å². The van der Waals surface area contributed by atoms with Crippen molar-refractivity contribution in [2.45, 2.75) is 26.3 Å². The van der Waals surface area contributed by atoms with Gasteiger partial charge in [-0.2, -0.15) is 9.78 Å². The van der Waals surface area contributed by atoms with Gasteiger partial charge in [-0.25, -0.2) is 4.79 Å². The van der Waals surface area contributed by atoms with Crippen molar-refractivity contribution in [1.29, 1.82) is 0 Å². The molecule has 0 aliphatic carbocycles. The van der Waals surface area contributed by atoms with Crippen LogP contribution in [-0.4, -0.2) is 64.9 Å². The molecule has 2 aliphatic rings. The summed E-state index contributed by atoms with van der Waals surface area (Å²) in [6.07, 6.45) is 6.00. The van der Waals surface area contributed by atoms with Crippen LogP contribution in [0, 0.1) is 6.92 Å². The van der Waals surface area contributed by atoms with Crippen LogP contribution >= 0.6 is 11.6 Å². The van der Waals surface area contributed by atoms with Crippen LogP contribution < -0.4 is 4.90 Å². The van der Waals surface area contributed by atoms with E-state index in [1.807, 2.05) is 17.9 Å². The van der Waals surface area contributed by atoms with Gasteiger partial charge in [-0.3, -0.25) is 4.90 Å². The van der Waals surface area contributed by atoms with Crippen LogP contribution in [0.25, 0.3) is 0 Å². The zero-order valence-electron chi connectivity index (χ0n) is 15.8. The number of hydrogen-bond acceptors (Lipinski definition) is 4. The number of piperazine rings is 1. The Bertz CT molecular complexity index is 806. The summed E-state index contributed by atoms with van der Waals surface area (Å²) in [4.78, 5) is 19.3. The van der Waals surface area contributed by atoms with Crippen molar-refractivity contribution in [2.24, 2.45) is 0 Å². The minimum absolute atomic E-state index is 0.0352. The zero-order valence-corrected chi connectivity index (χ0v) is 16.5. The third-order valence-corrected chi connectivity index (χ3v) is 5.67. The number of amides is 1. The Morgan fingerprint density at radius 1 is 1.11 bits per heavy atom. The van der Waals surface area contributed by atoms with Crippen molar-refractivity contribution in [3.63, 3.8) is 0 Å². The Morgan fingerprint density at radius 3 is 2.52 bits per heavy atom. The number of aromatic nitrogens is 2. The summed E-state index contributed by atoms with van der Waals surface area (Å²) in [6.45, 7) is 8.25. The van der Waals surface area contributed by atoms with E-state index in [1.54, 1.807) is 12.4 Å². The molecule has 0 atom stereocenters. The van der Waals surface area contributed by atoms with Gasteiger partial charge >= 0.3 is 6.03 Å². The van der Waals surface area contributed by atoms with Gasteiger partial charge in [0.05, 0.1) is 6.20 Å². The lowest BCUT2D eigenvalue weighted by Crippen LogP contribution is -2.49. The van der Waals surface area contributed by atoms with Gasteiger partial charge < -0.3 is 9.80 Å². The molecule has 7 heteroatoms. The highest BCUT2D eigenvalue weighted by atomic mass is 35.5. The molecule has 4 rings (SSSR count). The number of benzene rings is 1. The van der Waals surface area contributed by atoms with Crippen LogP contribution in [0.5, 0.6) is 0 Å². The highest BCUT2D eigenvalue weighted by Crippen LogP contribution is 2.29. The average molecular weight is 388 g/mol. The van der Waals surface area contributed by atoms with Crippen LogP contribution in [0.15, 0.2) is 30.6 Å². The van der Waals surface area contributed by atoms with Gasteiger partial charge in [-0.1, -0.05) is 17.7 Å². The Kier molecular flexibility index (Phi) is 5.36. The fraction of sp³-hybridized carbons (Fsp3) is 0.500. The van der Waals surface area contributed by atoms with Crippen LogP contribution in [0.1, 0.15) is 24.0 Å². The lowest BCUT2D eigenvalue weighted by atomic mass is 10.1. The number of hydrogen-bond donors (Lipinski definition) is 0. The van der Waals surface area contributed by atoms with Crippen LogP contribution in [0.4, 0.5) is 10.5 Å². The highest BCUT2D eigenvalue weighted by molar-refractivity contribution is 6.30. The molecule has 0 saturated carbocycles. The van der Waals surface area contributed by atoms with Gasteiger partial charge in [0.1, 0.15) is 0 Å². The first-order valence-electron chi connectivity index (χ1n) is 9.66. The lowest BCUT2D eigenvalue weighted by molar-refractivity contribution is 0.134. The first-order valence-corrected chi connectivity index (χ1v) is 10.0. The van der Waals surface area contributed by atoms with E-state index in [0.29, 0.717) is 0 Å². The highest BCUT2D eigenvalue weighted by Gasteiger charge is 2.24. The van der Waals surface area contributed by atoms with E-state index in [4.69, 9.17) is 11.6 Å². The Hall–Kier alpha value is -2.05. The minimum Gasteiger partial charge on any atom is -0.371 e. The second kappa shape index (κ2) is 7.90. The molecular formula is C20H26ClN5O. The van der Waals surface area contributed by atoms with Crippen molar-refractivity contribution >= 4 is 23.3 Å². The molecule has 0 spiro atoms. The molecule has 6 nitrogen and oxygen atoms in total. The third-order valence-electron chi connectivity index (χ3n) is 5.44. The minimum atomic E-state index is -0.0352. The molecule has 3 heterocycles. The summed E-state index contributed by atoms with van der Waals surface area (Å²) in [5.74, 6) is 0. The molecule has 2 aliphatic heterocycles. The molecule has 0 N–H and O–H groups in total. The predicted molar refractivity (Wildman–Crippen MR) is 108 cm³/mol. The third kappa shape index (κ3) is 4.12. The van der Waals surface area contributed by atoms with E-state index in [9.17, 15) is 4.79 Å². The fourth-order valence-corrected chi connectivity index (χ4v) is 4.09. The zero-order chi connectivity index (χ0) is 18.8. The first-order chi connectivity index (χ1) is 13.1. The topological polar surface area (TPSA) is 44.6 Å². The summed E-state index contributed by atoms with van der Waals surface area (Å²) in [5, 5.41) is 4.93. The smallest absolute Gasteiger partial charge is 0.344 e. The number of nitrogens with zero attached hydrogens (tertiary/aromatic N) is 5. The number of aryl methyl sites for hydroxylation is 1. The standard InChI is InChI=1S/C20H26ClN5O/c1-16-13-22-26(14-16)20(27)25-10-8-23(9-11-25)15-17-4-5-18(21)12-19(17)24-6-2-3-7-24/h4-5,12-14H,2-3,6-11,15H2,1H3. The van der Waals surface area contributed by atoms with E-state index in [-0.39, 0.29) is 6.03 Å². The van der Waals surface area contributed by atoms with E-state index in [1.165, 1.54) is 28.8 Å². The maximum absolute atomic E-state index is 12.5. The largest absolute Gasteiger partial charge is 0.371 e. The summed E-state index contributed by atoms with van der Waals surface area (Å²) >= 11 is 6.26. The average Bonchev–Trinajstić information content (AvgIpc) is 3.35. The monoisotopic (exact) mass is 387 g/mol. The molecule has 2 aromatic rings. The number of rotatable bonds is 3. The Morgan fingerprint density at radius 2 is 1.85 bits per heavy atom. The predicted octanol–water partition coefficient (Wildman–Crippen LogP) is 3.23. The summed E-state index contributed by atoms with van der Waals surface area (Å²) in [7, 11) is 0. The molecule has 2 saturated heterocycles. The van der Waals surface area contributed by atoms with Crippen molar-refractivity contribution in [2.75, 3.05) is 44.2 Å². The molecule has 1 amide bonds. The van der Waals surface area contributed by atoms with E-state index >= 15 is 0 Å². The second-order valence-corrected chi connectivity index (χ2v) is 7.91. The van der Waals surface area contributed by atoms with Gasteiger partial charge in [0.15, 0.2) is 0 Å². The Balaban J connectivity index is 1.39. The number of carbonyl (C=O) groups excluding carboxylic acids is 1. The van der Waals surface area contributed by atoms with Gasteiger partial charge in [-0.15, -0.1) is 0 Å². The van der Waals surface area contributed by atoms with E-state index < -0.39 is 0 Å². The maximum atomic E-state index is 12.5.